The lowest BCUT2D eigenvalue weighted by Gasteiger charge is -2.35. The fourth-order valence-electron chi connectivity index (χ4n) is 3.87. The van der Waals surface area contributed by atoms with Crippen LogP contribution in [0.5, 0.6) is 0 Å². The summed E-state index contributed by atoms with van der Waals surface area (Å²) in [7, 11) is -4.21. The topological polar surface area (TPSA) is 96.6 Å². The Morgan fingerprint density at radius 3 is 2.47 bits per heavy atom. The van der Waals surface area contributed by atoms with Gasteiger partial charge in [-0.3, -0.25) is 4.90 Å². The van der Waals surface area contributed by atoms with Gasteiger partial charge in [0.1, 0.15) is 11.4 Å². The van der Waals surface area contributed by atoms with Crippen molar-refractivity contribution < 1.29 is 30.9 Å². The van der Waals surface area contributed by atoms with Crippen LogP contribution in [0.4, 0.5) is 29.3 Å². The number of halogens is 3. The minimum Gasteiger partial charge on any atom is -0.337 e. The number of nitrogens with zero attached hydrogens (tertiary/aromatic N) is 4. The summed E-state index contributed by atoms with van der Waals surface area (Å²) in [5.41, 5.74) is 0.239. The van der Waals surface area contributed by atoms with Crippen molar-refractivity contribution in [1.29, 1.82) is 0 Å². The van der Waals surface area contributed by atoms with Gasteiger partial charge in [-0.2, -0.15) is 22.5 Å². The summed E-state index contributed by atoms with van der Waals surface area (Å²) >= 11 is 0. The Bertz CT molecular complexity index is 1580. The number of carbonyl (C=O) groups is 1. The van der Waals surface area contributed by atoms with Gasteiger partial charge in [-0.05, 0) is 48.9 Å². The first-order chi connectivity index (χ1) is 17.1. The number of aryl methyl sites for hydroxylation is 1. The van der Waals surface area contributed by atoms with Gasteiger partial charge in [-0.1, -0.05) is 41.6 Å². The molecular weight excluding hydrogens is 497 g/mol. The number of urea groups is 1. The molecule has 0 bridgehead atoms. The SMILES string of the molecule is Cc1cccc(N2C(=O)N(Cc3nc(-c4cccc(C(F)(F)F)c4)no3)c3ccccc3S2(=O)=O)c1. The van der Waals surface area contributed by atoms with E-state index in [9.17, 15) is 26.4 Å². The Kier molecular flexibility index (Phi) is 5.55. The van der Waals surface area contributed by atoms with Gasteiger partial charge in [0.15, 0.2) is 0 Å². The second-order valence-electron chi connectivity index (χ2n) is 8.04. The number of alkyl halides is 3. The molecule has 2 amide bonds. The molecule has 12 heteroatoms. The van der Waals surface area contributed by atoms with Crippen molar-refractivity contribution >= 4 is 27.4 Å². The highest BCUT2D eigenvalue weighted by Gasteiger charge is 2.43. The van der Waals surface area contributed by atoms with Crippen molar-refractivity contribution in [3.05, 3.63) is 89.8 Å². The summed E-state index contributed by atoms with van der Waals surface area (Å²) in [6.07, 6.45) is -4.54. The van der Waals surface area contributed by atoms with Gasteiger partial charge >= 0.3 is 12.2 Å². The van der Waals surface area contributed by atoms with Crippen molar-refractivity contribution in [2.75, 3.05) is 9.21 Å². The van der Waals surface area contributed by atoms with Gasteiger partial charge in [0, 0.05) is 5.56 Å². The van der Waals surface area contributed by atoms with E-state index in [4.69, 9.17) is 4.52 Å². The van der Waals surface area contributed by atoms with Crippen LogP contribution in [-0.2, 0) is 22.7 Å². The minimum absolute atomic E-state index is 0.0779. The Labute approximate surface area is 203 Å². The molecule has 2 heterocycles. The Morgan fingerprint density at radius 1 is 0.972 bits per heavy atom. The van der Waals surface area contributed by atoms with Crippen LogP contribution in [0.2, 0.25) is 0 Å². The number of amides is 2. The summed E-state index contributed by atoms with van der Waals surface area (Å²) in [6.45, 7) is 1.46. The molecule has 0 unspecified atom stereocenters. The van der Waals surface area contributed by atoms with E-state index in [1.165, 1.54) is 41.3 Å². The Balaban J connectivity index is 1.53. The first-order valence-electron chi connectivity index (χ1n) is 10.6. The summed E-state index contributed by atoms with van der Waals surface area (Å²) in [5.74, 6) is -0.189. The molecule has 5 rings (SSSR count). The number of para-hydroxylation sites is 1. The van der Waals surface area contributed by atoms with E-state index < -0.39 is 27.8 Å². The van der Waals surface area contributed by atoms with Gasteiger partial charge in [-0.25, -0.2) is 13.2 Å². The Hall–Kier alpha value is -4.19. The lowest BCUT2D eigenvalue weighted by atomic mass is 10.1. The van der Waals surface area contributed by atoms with Crippen LogP contribution in [0.3, 0.4) is 0 Å². The highest BCUT2D eigenvalue weighted by Crippen LogP contribution is 2.38. The van der Waals surface area contributed by atoms with E-state index in [2.05, 4.69) is 10.1 Å². The largest absolute Gasteiger partial charge is 0.416 e. The van der Waals surface area contributed by atoms with Crippen molar-refractivity contribution in [1.82, 2.24) is 10.1 Å². The van der Waals surface area contributed by atoms with Gasteiger partial charge in [-0.15, -0.1) is 0 Å². The molecule has 0 fully saturated rings. The normalized spacial score (nSPS) is 15.2. The van der Waals surface area contributed by atoms with Crippen molar-refractivity contribution in [2.24, 2.45) is 0 Å². The summed E-state index contributed by atoms with van der Waals surface area (Å²) in [6, 6.07) is 16.0. The van der Waals surface area contributed by atoms with E-state index in [0.29, 0.717) is 4.31 Å². The standard InChI is InChI=1S/C24H17F3N4O4S/c1-15-6-4-9-18(12-15)31-23(32)30(19-10-2-3-11-20(19)36(31,33)34)14-21-28-22(29-35-21)16-7-5-8-17(13-16)24(25,26)27/h2-13H,14H2,1H3. The molecule has 0 saturated heterocycles. The van der Waals surface area contributed by atoms with Crippen LogP contribution >= 0.6 is 0 Å². The summed E-state index contributed by atoms with van der Waals surface area (Å²) in [4.78, 5) is 18.7. The molecular formula is C24H17F3N4O4S. The second kappa shape index (κ2) is 8.48. The third-order valence-electron chi connectivity index (χ3n) is 5.52. The van der Waals surface area contributed by atoms with Crippen LogP contribution in [-0.4, -0.2) is 24.6 Å². The highest BCUT2D eigenvalue weighted by molar-refractivity contribution is 7.94. The van der Waals surface area contributed by atoms with Crippen molar-refractivity contribution in [2.45, 2.75) is 24.5 Å². The number of hydrogen-bond donors (Lipinski definition) is 0. The number of hydrogen-bond acceptors (Lipinski definition) is 6. The van der Waals surface area contributed by atoms with Crippen molar-refractivity contribution in [3.8, 4) is 11.4 Å². The molecule has 0 spiro atoms. The summed E-state index contributed by atoms with van der Waals surface area (Å²) < 4.78 is 71.9. The average Bonchev–Trinajstić information content (AvgIpc) is 3.30. The third kappa shape index (κ3) is 4.09. The van der Waals surface area contributed by atoms with E-state index in [1.54, 1.807) is 31.2 Å². The predicted molar refractivity (Wildman–Crippen MR) is 124 cm³/mol. The number of fused-ring (bicyclic) bond motifs is 1. The summed E-state index contributed by atoms with van der Waals surface area (Å²) in [5, 5.41) is 3.75. The predicted octanol–water partition coefficient (Wildman–Crippen LogP) is 5.40. The minimum atomic E-state index is -4.54. The van der Waals surface area contributed by atoms with Gasteiger partial charge < -0.3 is 4.52 Å². The van der Waals surface area contributed by atoms with Crippen LogP contribution in [0, 0.1) is 6.92 Å². The number of benzene rings is 3. The van der Waals surface area contributed by atoms with Crippen LogP contribution < -0.4 is 9.21 Å². The zero-order chi connectivity index (χ0) is 25.7. The van der Waals surface area contributed by atoms with Gasteiger partial charge in [0.25, 0.3) is 10.0 Å². The van der Waals surface area contributed by atoms with E-state index >= 15 is 0 Å². The molecule has 1 aliphatic rings. The highest BCUT2D eigenvalue weighted by atomic mass is 32.2. The molecule has 0 atom stereocenters. The van der Waals surface area contributed by atoms with Crippen molar-refractivity contribution in [3.63, 3.8) is 0 Å². The Morgan fingerprint density at radius 2 is 1.72 bits per heavy atom. The average molecular weight is 514 g/mol. The number of sulfonamides is 1. The molecule has 184 valence electrons. The fraction of sp³-hybridized carbons (Fsp3) is 0.125. The molecule has 1 aliphatic heterocycles. The molecule has 0 saturated carbocycles. The molecule has 4 aromatic rings. The maximum atomic E-state index is 13.5. The lowest BCUT2D eigenvalue weighted by molar-refractivity contribution is -0.137. The first kappa shape index (κ1) is 23.5. The maximum absolute atomic E-state index is 13.5. The number of aromatic nitrogens is 2. The fourth-order valence-corrected chi connectivity index (χ4v) is 5.46. The van der Waals surface area contributed by atoms with Crippen LogP contribution in [0.1, 0.15) is 17.0 Å². The first-order valence-corrected chi connectivity index (χ1v) is 12.0. The molecule has 36 heavy (non-hydrogen) atoms. The van der Waals surface area contributed by atoms with E-state index in [-0.39, 0.29) is 40.1 Å². The van der Waals surface area contributed by atoms with E-state index in [1.807, 2.05) is 0 Å². The van der Waals surface area contributed by atoms with Crippen LogP contribution in [0.15, 0.2) is 82.2 Å². The zero-order valence-corrected chi connectivity index (χ0v) is 19.4. The molecule has 3 aromatic carbocycles. The zero-order valence-electron chi connectivity index (χ0n) is 18.6. The quantitative estimate of drug-likeness (QED) is 0.362. The second-order valence-corrected chi connectivity index (χ2v) is 9.79. The number of carbonyl (C=O) groups excluding carboxylic acids is 1. The van der Waals surface area contributed by atoms with Gasteiger partial charge in [0.2, 0.25) is 11.7 Å². The molecule has 1 aromatic heterocycles. The third-order valence-corrected chi connectivity index (χ3v) is 7.27. The number of anilines is 2. The number of rotatable bonds is 4. The molecule has 0 aliphatic carbocycles. The molecule has 8 nitrogen and oxygen atoms in total. The smallest absolute Gasteiger partial charge is 0.337 e. The van der Waals surface area contributed by atoms with Gasteiger partial charge in [0.05, 0.1) is 16.9 Å². The monoisotopic (exact) mass is 514 g/mol. The molecule has 0 N–H and O–H groups in total. The molecule has 0 radical (unpaired) electrons. The maximum Gasteiger partial charge on any atom is 0.416 e. The van der Waals surface area contributed by atoms with E-state index in [0.717, 1.165) is 17.7 Å². The lowest BCUT2D eigenvalue weighted by Crippen LogP contribution is -2.50. The van der Waals surface area contributed by atoms with Crippen LogP contribution in [0.25, 0.3) is 11.4 Å².